The zero-order chi connectivity index (χ0) is 18.3. The Morgan fingerprint density at radius 1 is 1.27 bits per heavy atom. The van der Waals surface area contributed by atoms with E-state index in [0.29, 0.717) is 29.4 Å². The fraction of sp³-hybridized carbons (Fsp3) is 0.350. The maximum Gasteiger partial charge on any atom is 0.308 e. The zero-order valence-electron chi connectivity index (χ0n) is 14.5. The number of esters is 1. The van der Waals surface area contributed by atoms with Crippen molar-refractivity contribution in [2.24, 2.45) is 5.92 Å². The SMILES string of the molecule is CC(=O)Oc1cc2c(s1)CC/[N+](=C(/C(=O)C1CC1)c1ccccc1F)C2. The minimum atomic E-state index is -0.367. The van der Waals surface area contributed by atoms with Gasteiger partial charge in [-0.25, -0.2) is 8.97 Å². The van der Waals surface area contributed by atoms with Crippen LogP contribution in [0.1, 0.15) is 35.8 Å². The normalized spacial score (nSPS) is 18.2. The number of ether oxygens (including phenoxy) is 1. The van der Waals surface area contributed by atoms with Crippen molar-refractivity contribution in [1.29, 1.82) is 0 Å². The molecule has 1 saturated carbocycles. The lowest BCUT2D eigenvalue weighted by atomic mass is 10.0. The molecule has 6 heteroatoms. The highest BCUT2D eigenvalue weighted by molar-refractivity contribution is 7.14. The van der Waals surface area contributed by atoms with Gasteiger partial charge in [0.05, 0.1) is 5.56 Å². The minimum absolute atomic E-state index is 0.0186. The van der Waals surface area contributed by atoms with Crippen molar-refractivity contribution in [3.63, 3.8) is 0 Å². The highest BCUT2D eigenvalue weighted by Crippen LogP contribution is 2.34. The molecule has 1 aromatic heterocycles. The molecule has 1 fully saturated rings. The van der Waals surface area contributed by atoms with Crippen molar-refractivity contribution in [2.75, 3.05) is 6.54 Å². The number of benzene rings is 1. The van der Waals surface area contributed by atoms with Gasteiger partial charge in [0.2, 0.25) is 5.78 Å². The predicted molar refractivity (Wildman–Crippen MR) is 96.4 cm³/mol. The number of Topliss-reactive ketones (excluding diaryl/α,β-unsaturated/α-hetero) is 1. The van der Waals surface area contributed by atoms with Crippen LogP contribution in [-0.4, -0.2) is 28.6 Å². The summed E-state index contributed by atoms with van der Waals surface area (Å²) in [6.07, 6.45) is 2.51. The van der Waals surface area contributed by atoms with Gasteiger partial charge in [-0.05, 0) is 25.0 Å². The molecule has 0 atom stereocenters. The Bertz CT molecular complexity index is 927. The molecule has 26 heavy (non-hydrogen) atoms. The van der Waals surface area contributed by atoms with Crippen molar-refractivity contribution in [3.05, 3.63) is 52.2 Å². The molecule has 2 aliphatic rings. The van der Waals surface area contributed by atoms with Crippen LogP contribution in [0.2, 0.25) is 0 Å². The highest BCUT2D eigenvalue weighted by atomic mass is 32.1. The van der Waals surface area contributed by atoms with Crippen molar-refractivity contribution < 1.29 is 23.3 Å². The van der Waals surface area contributed by atoms with Gasteiger partial charge in [-0.2, -0.15) is 0 Å². The molecule has 2 heterocycles. The first-order valence-electron chi connectivity index (χ1n) is 8.74. The smallest absolute Gasteiger partial charge is 0.308 e. The van der Waals surface area contributed by atoms with Gasteiger partial charge in [-0.3, -0.25) is 9.59 Å². The lowest BCUT2D eigenvalue weighted by Gasteiger charge is -2.15. The molecule has 0 bridgehead atoms. The number of hydrogen-bond donors (Lipinski definition) is 0. The van der Waals surface area contributed by atoms with Gasteiger partial charge in [0.1, 0.15) is 12.4 Å². The lowest BCUT2D eigenvalue weighted by Crippen LogP contribution is -2.34. The zero-order valence-corrected chi connectivity index (χ0v) is 15.3. The number of rotatable bonds is 4. The second-order valence-electron chi connectivity index (χ2n) is 6.75. The third kappa shape index (κ3) is 3.33. The van der Waals surface area contributed by atoms with Gasteiger partial charge < -0.3 is 4.74 Å². The van der Waals surface area contributed by atoms with Crippen LogP contribution < -0.4 is 4.74 Å². The minimum Gasteiger partial charge on any atom is -0.416 e. The Morgan fingerprint density at radius 2 is 2.04 bits per heavy atom. The molecule has 1 aliphatic heterocycles. The van der Waals surface area contributed by atoms with E-state index < -0.39 is 0 Å². The molecule has 4 rings (SSSR count). The van der Waals surface area contributed by atoms with Crippen LogP contribution in [0.3, 0.4) is 0 Å². The first kappa shape index (κ1) is 17.1. The van der Waals surface area contributed by atoms with Crippen molar-refractivity contribution in [1.82, 2.24) is 0 Å². The van der Waals surface area contributed by atoms with Gasteiger partial charge in [-0.1, -0.05) is 12.1 Å². The monoisotopic (exact) mass is 372 g/mol. The Morgan fingerprint density at radius 3 is 2.73 bits per heavy atom. The van der Waals surface area contributed by atoms with E-state index in [9.17, 15) is 14.0 Å². The van der Waals surface area contributed by atoms with Gasteiger partial charge in [0.25, 0.3) is 5.71 Å². The van der Waals surface area contributed by atoms with E-state index in [0.717, 1.165) is 29.7 Å². The van der Waals surface area contributed by atoms with Crippen LogP contribution in [0.5, 0.6) is 5.06 Å². The first-order chi connectivity index (χ1) is 12.5. The van der Waals surface area contributed by atoms with E-state index in [1.807, 2.05) is 10.6 Å². The molecule has 0 unspecified atom stereocenters. The molecular weight excluding hydrogens is 353 g/mol. The predicted octanol–water partition coefficient (Wildman–Crippen LogP) is 3.35. The number of ketones is 1. The second-order valence-corrected chi connectivity index (χ2v) is 7.85. The summed E-state index contributed by atoms with van der Waals surface area (Å²) in [5, 5.41) is 0.574. The van der Waals surface area contributed by atoms with Gasteiger partial charge in [0, 0.05) is 35.8 Å². The molecule has 1 aromatic carbocycles. The standard InChI is InChI=1S/C20H19FNO3S/c1-12(23)25-18-10-14-11-22(9-8-17(14)26-18)19(20(24)13-6-7-13)15-4-2-3-5-16(15)21/h2-5,10,13H,6-9,11H2,1H3/q+1/b22-19-. The van der Waals surface area contributed by atoms with Crippen LogP contribution >= 0.6 is 11.3 Å². The molecule has 1 aliphatic carbocycles. The molecule has 2 aromatic rings. The summed E-state index contributed by atoms with van der Waals surface area (Å²) in [6, 6.07) is 8.33. The van der Waals surface area contributed by atoms with E-state index >= 15 is 0 Å². The van der Waals surface area contributed by atoms with Crippen LogP contribution in [0.25, 0.3) is 0 Å². The van der Waals surface area contributed by atoms with Gasteiger partial charge in [0.15, 0.2) is 11.6 Å². The maximum absolute atomic E-state index is 14.4. The van der Waals surface area contributed by atoms with Crippen LogP contribution in [0, 0.1) is 11.7 Å². The summed E-state index contributed by atoms with van der Waals surface area (Å²) < 4.78 is 21.6. The number of carbonyl (C=O) groups excluding carboxylic acids is 2. The number of fused-ring (bicyclic) bond motifs is 1. The van der Waals surface area contributed by atoms with E-state index in [1.165, 1.54) is 24.3 Å². The molecule has 4 nitrogen and oxygen atoms in total. The first-order valence-corrected chi connectivity index (χ1v) is 9.55. The molecule has 0 radical (unpaired) electrons. The number of nitrogens with zero attached hydrogens (tertiary/aromatic N) is 1. The lowest BCUT2D eigenvalue weighted by molar-refractivity contribution is -0.545. The number of halogens is 1. The maximum atomic E-state index is 14.4. The molecule has 0 N–H and O–H groups in total. The van der Waals surface area contributed by atoms with Gasteiger partial charge >= 0.3 is 5.97 Å². The molecule has 134 valence electrons. The summed E-state index contributed by atoms with van der Waals surface area (Å²) >= 11 is 1.47. The van der Waals surface area contributed by atoms with Crippen molar-refractivity contribution >= 4 is 28.8 Å². The summed E-state index contributed by atoms with van der Waals surface area (Å²) in [4.78, 5) is 25.2. The van der Waals surface area contributed by atoms with Crippen LogP contribution in [-0.2, 0) is 22.6 Å². The van der Waals surface area contributed by atoms with Crippen molar-refractivity contribution in [3.8, 4) is 5.06 Å². The topological polar surface area (TPSA) is 46.4 Å². The largest absolute Gasteiger partial charge is 0.416 e. The molecule has 0 amide bonds. The van der Waals surface area contributed by atoms with Crippen LogP contribution in [0.4, 0.5) is 4.39 Å². The van der Waals surface area contributed by atoms with E-state index in [-0.39, 0.29) is 23.5 Å². The van der Waals surface area contributed by atoms with Crippen LogP contribution in [0.15, 0.2) is 30.3 Å². The number of carbonyl (C=O) groups is 2. The Balaban J connectivity index is 1.74. The Kier molecular flexibility index (Phi) is 4.44. The summed E-state index contributed by atoms with van der Waals surface area (Å²) in [5.74, 6) is -0.657. The third-order valence-electron chi connectivity index (χ3n) is 4.72. The second kappa shape index (κ2) is 6.76. The van der Waals surface area contributed by atoms with Gasteiger partial charge in [-0.15, -0.1) is 11.3 Å². The molecule has 0 spiro atoms. The fourth-order valence-corrected chi connectivity index (χ4v) is 4.39. The van der Waals surface area contributed by atoms with E-state index in [1.54, 1.807) is 18.2 Å². The third-order valence-corrected chi connectivity index (χ3v) is 5.83. The number of hydrogen-bond acceptors (Lipinski definition) is 4. The van der Waals surface area contributed by atoms with Crippen molar-refractivity contribution in [2.45, 2.75) is 32.7 Å². The Labute approximate surface area is 154 Å². The average Bonchev–Trinajstić information content (AvgIpc) is 3.37. The summed E-state index contributed by atoms with van der Waals surface area (Å²) in [5.41, 5.74) is 1.90. The van der Waals surface area contributed by atoms with E-state index in [2.05, 4.69) is 0 Å². The van der Waals surface area contributed by atoms with E-state index in [4.69, 9.17) is 4.74 Å². The fourth-order valence-electron chi connectivity index (χ4n) is 3.34. The quantitative estimate of drug-likeness (QED) is 0.611. The molecule has 0 saturated heterocycles. The summed E-state index contributed by atoms with van der Waals surface area (Å²) in [6.45, 7) is 2.55. The Hall–Kier alpha value is -2.34. The highest BCUT2D eigenvalue weighted by Gasteiger charge is 2.40. The molecular formula is C20H19FNO3S+. The average molecular weight is 372 g/mol. The number of thiophene rings is 1. The summed E-state index contributed by atoms with van der Waals surface area (Å²) in [7, 11) is 0.